The minimum Gasteiger partial charge on any atom is -0.361 e. The highest BCUT2D eigenvalue weighted by Crippen LogP contribution is 2.31. The van der Waals surface area contributed by atoms with Gasteiger partial charge < -0.3 is 4.52 Å². The number of rotatable bonds is 12. The highest BCUT2D eigenvalue weighted by molar-refractivity contribution is 5.73. The van der Waals surface area contributed by atoms with Gasteiger partial charge in [0.2, 0.25) is 0 Å². The molecular formula is C27H32N6O4. The zero-order chi connectivity index (χ0) is 26.2. The van der Waals surface area contributed by atoms with Crippen LogP contribution in [-0.2, 0) is 14.6 Å². The number of hydrogen-bond donors (Lipinski definition) is 1. The number of anilines is 2. The average Bonchev–Trinajstić information content (AvgIpc) is 3.54. The van der Waals surface area contributed by atoms with Crippen LogP contribution in [0.2, 0.25) is 0 Å². The van der Waals surface area contributed by atoms with E-state index in [4.69, 9.17) is 9.41 Å². The topological polar surface area (TPSA) is 108 Å². The van der Waals surface area contributed by atoms with Gasteiger partial charge in [-0.15, -0.1) is 5.10 Å². The van der Waals surface area contributed by atoms with Crippen molar-refractivity contribution in [3.63, 3.8) is 0 Å². The monoisotopic (exact) mass is 504 g/mol. The Bertz CT molecular complexity index is 1280. The maximum atomic E-state index is 10.8. The summed E-state index contributed by atoms with van der Waals surface area (Å²) in [6, 6.07) is 14.5. The van der Waals surface area contributed by atoms with Crippen LogP contribution in [0.3, 0.4) is 0 Å². The Morgan fingerprint density at radius 3 is 2.57 bits per heavy atom. The van der Waals surface area contributed by atoms with Crippen molar-refractivity contribution in [1.29, 1.82) is 0 Å². The second kappa shape index (κ2) is 12.2. The summed E-state index contributed by atoms with van der Waals surface area (Å²) in [5.74, 6) is 0.350. The van der Waals surface area contributed by atoms with Crippen LogP contribution < -0.4 is 10.4 Å². The van der Waals surface area contributed by atoms with Crippen LogP contribution in [0.5, 0.6) is 0 Å². The fourth-order valence-corrected chi connectivity index (χ4v) is 4.05. The summed E-state index contributed by atoms with van der Waals surface area (Å²) in [5.41, 5.74) is 10.6. The Hall–Kier alpha value is -4.18. The van der Waals surface area contributed by atoms with E-state index in [1.54, 1.807) is 10.9 Å². The van der Waals surface area contributed by atoms with Gasteiger partial charge in [0.15, 0.2) is 0 Å². The van der Waals surface area contributed by atoms with Crippen molar-refractivity contribution in [1.82, 2.24) is 20.2 Å². The van der Waals surface area contributed by atoms with Gasteiger partial charge in [-0.05, 0) is 81.5 Å². The van der Waals surface area contributed by atoms with E-state index in [9.17, 15) is 4.79 Å². The highest BCUT2D eigenvalue weighted by Gasteiger charge is 2.15. The average molecular weight is 505 g/mol. The molecular weight excluding hydrogens is 472 g/mol. The molecule has 0 spiro atoms. The molecule has 0 fully saturated rings. The van der Waals surface area contributed by atoms with Crippen LogP contribution in [-0.4, -0.2) is 39.3 Å². The summed E-state index contributed by atoms with van der Waals surface area (Å²) in [6.07, 6.45) is 6.07. The Morgan fingerprint density at radius 2 is 1.89 bits per heavy atom. The molecule has 4 aromatic rings. The van der Waals surface area contributed by atoms with Gasteiger partial charge in [0, 0.05) is 19.0 Å². The van der Waals surface area contributed by atoms with E-state index in [1.165, 1.54) is 6.92 Å². The first kappa shape index (κ1) is 25.9. The maximum absolute atomic E-state index is 10.8. The predicted molar refractivity (Wildman–Crippen MR) is 140 cm³/mol. The van der Waals surface area contributed by atoms with Gasteiger partial charge in [0.05, 0.1) is 41.8 Å². The zero-order valence-corrected chi connectivity index (χ0v) is 21.6. The molecule has 0 unspecified atom stereocenters. The van der Waals surface area contributed by atoms with Gasteiger partial charge in [0.1, 0.15) is 5.76 Å². The van der Waals surface area contributed by atoms with Gasteiger partial charge >= 0.3 is 5.97 Å². The fraction of sp³-hybridized carbons (Fsp3) is 0.333. The van der Waals surface area contributed by atoms with E-state index in [2.05, 4.69) is 68.0 Å². The minimum absolute atomic E-state index is 0.373. The molecule has 2 aromatic carbocycles. The normalized spacial score (nSPS) is 10.9. The molecule has 194 valence electrons. The molecule has 4 rings (SSSR count). The van der Waals surface area contributed by atoms with Crippen molar-refractivity contribution in [2.75, 3.05) is 23.6 Å². The smallest absolute Gasteiger partial charge is 0.339 e. The lowest BCUT2D eigenvalue weighted by atomic mass is 10.0. The largest absolute Gasteiger partial charge is 0.361 e. The molecule has 0 radical (unpaired) electrons. The number of aromatic nitrogens is 4. The molecule has 0 saturated heterocycles. The Kier molecular flexibility index (Phi) is 8.52. The molecule has 0 aliphatic rings. The number of aryl methyl sites for hydroxylation is 3. The van der Waals surface area contributed by atoms with Crippen molar-refractivity contribution >= 4 is 17.3 Å². The third kappa shape index (κ3) is 6.73. The van der Waals surface area contributed by atoms with Gasteiger partial charge in [-0.2, -0.15) is 4.89 Å². The van der Waals surface area contributed by atoms with Gasteiger partial charge in [-0.1, -0.05) is 22.5 Å². The Labute approximate surface area is 216 Å². The van der Waals surface area contributed by atoms with Crippen LogP contribution in [0.1, 0.15) is 43.2 Å². The van der Waals surface area contributed by atoms with Crippen molar-refractivity contribution < 1.29 is 19.1 Å². The van der Waals surface area contributed by atoms with Crippen molar-refractivity contribution in [3.8, 4) is 16.8 Å². The second-order valence-electron chi connectivity index (χ2n) is 8.81. The molecule has 2 aromatic heterocycles. The second-order valence-corrected chi connectivity index (χ2v) is 8.81. The van der Waals surface area contributed by atoms with E-state index in [1.807, 2.05) is 32.2 Å². The van der Waals surface area contributed by atoms with E-state index in [0.29, 0.717) is 6.61 Å². The summed E-state index contributed by atoms with van der Waals surface area (Å²) >= 11 is 0. The SMILES string of the molecule is CC(=O)OOCCCCCN(Nc1cc(-c2c(C)noc2C)ccc1C)c1ccc(-n2ccnn2)cc1. The summed E-state index contributed by atoms with van der Waals surface area (Å²) in [5, 5.41) is 14.2. The van der Waals surface area contributed by atoms with Gasteiger partial charge in [0.25, 0.3) is 0 Å². The summed E-state index contributed by atoms with van der Waals surface area (Å²) < 4.78 is 7.11. The minimum atomic E-state index is -0.445. The molecule has 1 N–H and O–H groups in total. The van der Waals surface area contributed by atoms with Crippen LogP contribution in [0, 0.1) is 20.8 Å². The van der Waals surface area contributed by atoms with Crippen molar-refractivity contribution in [2.45, 2.75) is 47.0 Å². The number of hydrogen-bond acceptors (Lipinski definition) is 9. The van der Waals surface area contributed by atoms with Crippen molar-refractivity contribution in [3.05, 3.63) is 71.9 Å². The van der Waals surface area contributed by atoms with Gasteiger partial charge in [-0.3, -0.25) is 15.3 Å². The molecule has 0 atom stereocenters. The first-order valence-corrected chi connectivity index (χ1v) is 12.3. The van der Waals surface area contributed by atoms with Crippen LogP contribution >= 0.6 is 0 Å². The molecule has 0 aliphatic carbocycles. The van der Waals surface area contributed by atoms with Crippen LogP contribution in [0.4, 0.5) is 11.4 Å². The fourth-order valence-electron chi connectivity index (χ4n) is 4.05. The highest BCUT2D eigenvalue weighted by atomic mass is 17.2. The Morgan fingerprint density at radius 1 is 1.08 bits per heavy atom. The summed E-state index contributed by atoms with van der Waals surface area (Å²) in [7, 11) is 0. The number of carbonyl (C=O) groups excluding carboxylic acids is 1. The third-order valence-electron chi connectivity index (χ3n) is 5.95. The first-order valence-electron chi connectivity index (χ1n) is 12.3. The maximum Gasteiger partial charge on any atom is 0.339 e. The molecule has 0 saturated carbocycles. The Balaban J connectivity index is 1.51. The van der Waals surface area contributed by atoms with Crippen molar-refractivity contribution in [2.24, 2.45) is 0 Å². The summed E-state index contributed by atoms with van der Waals surface area (Å²) in [4.78, 5) is 20.3. The number of benzene rings is 2. The number of carbonyl (C=O) groups is 1. The molecule has 0 bridgehead atoms. The molecule has 0 amide bonds. The first-order chi connectivity index (χ1) is 17.9. The number of unbranched alkanes of at least 4 members (excludes halogenated alkanes) is 2. The lowest BCUT2D eigenvalue weighted by molar-refractivity contribution is -0.270. The van der Waals surface area contributed by atoms with Crippen LogP contribution in [0.15, 0.2) is 59.4 Å². The lowest BCUT2D eigenvalue weighted by Crippen LogP contribution is -2.31. The van der Waals surface area contributed by atoms with Crippen LogP contribution in [0.25, 0.3) is 16.8 Å². The lowest BCUT2D eigenvalue weighted by Gasteiger charge is -2.28. The van der Waals surface area contributed by atoms with E-state index in [-0.39, 0.29) is 0 Å². The third-order valence-corrected chi connectivity index (χ3v) is 5.95. The molecule has 37 heavy (non-hydrogen) atoms. The van der Waals surface area contributed by atoms with E-state index >= 15 is 0 Å². The number of nitrogens with one attached hydrogen (secondary N) is 1. The van der Waals surface area contributed by atoms with Gasteiger partial charge in [-0.25, -0.2) is 9.48 Å². The quantitative estimate of drug-likeness (QED) is 0.155. The number of nitrogens with zero attached hydrogens (tertiary/aromatic N) is 5. The molecule has 10 nitrogen and oxygen atoms in total. The molecule has 2 heterocycles. The predicted octanol–water partition coefficient (Wildman–Crippen LogP) is 5.35. The molecule has 10 heteroatoms. The zero-order valence-electron chi connectivity index (χ0n) is 21.6. The standard InChI is InChI=1S/C27H32N6O4/c1-19-8-9-23(27-20(2)30-36-21(27)3)18-26(19)29-32(15-6-5-7-17-35-37-22(4)34)24-10-12-25(13-11-24)33-16-14-28-31-33/h8-14,16,18,29H,5-7,15,17H2,1-4H3. The van der Waals surface area contributed by atoms with E-state index in [0.717, 1.165) is 71.0 Å². The molecule has 0 aliphatic heterocycles. The summed E-state index contributed by atoms with van der Waals surface area (Å²) in [6.45, 7) is 8.41. The number of hydrazine groups is 1. The van der Waals surface area contributed by atoms with E-state index < -0.39 is 5.97 Å².